The first-order valence-electron chi connectivity index (χ1n) is 20.2. The zero-order valence-corrected chi connectivity index (χ0v) is 32.5. The maximum atomic E-state index is 12.9. The molecule has 0 bridgehead atoms. The van der Waals surface area contributed by atoms with Gasteiger partial charge in [-0.05, 0) is 118 Å². The number of benzene rings is 1. The lowest BCUT2D eigenvalue weighted by molar-refractivity contribution is -0.133. The Balaban J connectivity index is 1.10. The van der Waals surface area contributed by atoms with Gasteiger partial charge in [-0.25, -0.2) is 4.79 Å². The highest BCUT2D eigenvalue weighted by atomic mass is 33.1. The Kier molecular flexibility index (Phi) is 9.41. The molecule has 1 aromatic carbocycles. The van der Waals surface area contributed by atoms with E-state index in [9.17, 15) is 9.90 Å². The van der Waals surface area contributed by atoms with Crippen LogP contribution in [0.25, 0.3) is 0 Å². The predicted molar refractivity (Wildman–Crippen MR) is 204 cm³/mol. The number of rotatable bonds is 3. The second-order valence-corrected chi connectivity index (χ2v) is 20.1. The summed E-state index contributed by atoms with van der Waals surface area (Å²) in [4.78, 5) is 15.5. The van der Waals surface area contributed by atoms with Crippen LogP contribution >= 0.6 is 21.6 Å². The summed E-state index contributed by atoms with van der Waals surface area (Å²) in [7, 11) is 5.82. The number of cyclic esters (lactones) is 1. The van der Waals surface area contributed by atoms with Crippen LogP contribution in [-0.4, -0.2) is 58.8 Å². The largest absolute Gasteiger partial charge is 0.492 e. The van der Waals surface area contributed by atoms with Crippen molar-refractivity contribution in [1.29, 1.82) is 0 Å². The number of hydrogen-bond acceptors (Lipinski definition) is 8. The number of aliphatic hydroxyl groups is 1. The molecule has 51 heavy (non-hydrogen) atoms. The number of hydrogen-bond donors (Lipinski definition) is 1. The fourth-order valence-corrected chi connectivity index (χ4v) is 16.1. The molecule has 0 amide bonds. The second kappa shape index (κ2) is 13.8. The highest BCUT2D eigenvalue weighted by molar-refractivity contribution is 8.76. The Morgan fingerprint density at radius 3 is 2.53 bits per heavy atom. The lowest BCUT2D eigenvalue weighted by Gasteiger charge is -2.53. The molecular formula is C43H57NO5S2. The molecule has 3 saturated carbocycles. The smallest absolute Gasteiger partial charge is 0.343 e. The monoisotopic (exact) mass is 731 g/mol. The Bertz CT molecular complexity index is 1590. The molecule has 5 heterocycles. The van der Waals surface area contributed by atoms with Gasteiger partial charge in [0.2, 0.25) is 5.76 Å². The molecule has 0 radical (unpaired) electrons. The van der Waals surface area contributed by atoms with E-state index < -0.39 is 0 Å². The molecule has 8 heteroatoms. The summed E-state index contributed by atoms with van der Waals surface area (Å²) in [5.74, 6) is 6.54. The van der Waals surface area contributed by atoms with E-state index in [2.05, 4.69) is 69.8 Å². The molecule has 0 aromatic heterocycles. The third-order valence-electron chi connectivity index (χ3n) is 15.4. The molecule has 9 rings (SSSR count). The number of carbonyl (C=O) groups excluding carboxylic acids is 1. The summed E-state index contributed by atoms with van der Waals surface area (Å²) < 4.78 is 18.3. The quantitative estimate of drug-likeness (QED) is 0.244. The van der Waals surface area contributed by atoms with Gasteiger partial charge in [0, 0.05) is 41.5 Å². The summed E-state index contributed by atoms with van der Waals surface area (Å²) in [5, 5.41) is 12.9. The maximum absolute atomic E-state index is 12.9. The summed E-state index contributed by atoms with van der Waals surface area (Å²) in [6.45, 7) is 4.01. The number of fused-ring (bicyclic) bond motifs is 5. The molecule has 6 nitrogen and oxygen atoms in total. The third-order valence-corrected chi connectivity index (χ3v) is 18.0. The maximum Gasteiger partial charge on any atom is 0.343 e. The van der Waals surface area contributed by atoms with Crippen molar-refractivity contribution in [1.82, 2.24) is 4.90 Å². The average molecular weight is 732 g/mol. The van der Waals surface area contributed by atoms with E-state index >= 15 is 0 Å². The summed E-state index contributed by atoms with van der Waals surface area (Å²) in [5.41, 5.74) is 2.83. The normalized spacial score (nSPS) is 42.2. The first kappa shape index (κ1) is 34.9. The molecule has 276 valence electrons. The van der Waals surface area contributed by atoms with Crippen LogP contribution in [0.4, 0.5) is 0 Å². The number of esters is 1. The number of allylic oxidation sites excluding steroid dienone is 1. The molecule has 2 spiro atoms. The number of aliphatic hydroxyl groups excluding tert-OH is 1. The molecular weight excluding hydrogens is 675 g/mol. The Labute approximate surface area is 313 Å². The van der Waals surface area contributed by atoms with Crippen LogP contribution < -0.4 is 0 Å². The molecule has 1 N–H and O–H groups in total. The van der Waals surface area contributed by atoms with Crippen molar-refractivity contribution in [3.8, 4) is 0 Å². The number of ether oxygens (including phenoxy) is 3. The molecule has 10 atom stereocenters. The van der Waals surface area contributed by atoms with Crippen LogP contribution in [0.1, 0.15) is 103 Å². The van der Waals surface area contributed by atoms with E-state index in [0.717, 1.165) is 55.3 Å². The minimum Gasteiger partial charge on any atom is -0.492 e. The first-order valence-corrected chi connectivity index (χ1v) is 22.6. The molecule has 5 aliphatic heterocycles. The van der Waals surface area contributed by atoms with Crippen molar-refractivity contribution < 1.29 is 24.1 Å². The first-order chi connectivity index (χ1) is 24.8. The Morgan fingerprint density at radius 1 is 0.961 bits per heavy atom. The Morgan fingerprint density at radius 2 is 1.73 bits per heavy atom. The number of piperidine rings is 1. The van der Waals surface area contributed by atoms with Crippen LogP contribution in [0.2, 0.25) is 0 Å². The average Bonchev–Trinajstić information content (AvgIpc) is 3.94. The zero-order valence-electron chi connectivity index (χ0n) is 30.8. The van der Waals surface area contributed by atoms with Crippen LogP contribution in [0.5, 0.6) is 0 Å². The highest BCUT2D eigenvalue weighted by Crippen LogP contribution is 2.71. The molecule has 1 aromatic rings. The molecule has 6 fully saturated rings. The van der Waals surface area contributed by atoms with Crippen molar-refractivity contribution >= 4 is 27.6 Å². The third kappa shape index (κ3) is 5.69. The lowest BCUT2D eigenvalue weighted by atomic mass is 9.57. The van der Waals surface area contributed by atoms with E-state index in [-0.39, 0.29) is 36.0 Å². The van der Waals surface area contributed by atoms with E-state index in [0.29, 0.717) is 45.8 Å². The van der Waals surface area contributed by atoms with Gasteiger partial charge in [0.15, 0.2) is 11.5 Å². The minimum atomic E-state index is -0.360. The van der Waals surface area contributed by atoms with Crippen LogP contribution in [0.15, 0.2) is 65.0 Å². The minimum absolute atomic E-state index is 0.00975. The van der Waals surface area contributed by atoms with Gasteiger partial charge < -0.3 is 19.3 Å². The van der Waals surface area contributed by atoms with Crippen LogP contribution in [0.3, 0.4) is 0 Å². The summed E-state index contributed by atoms with van der Waals surface area (Å²) in [6, 6.07) is 11.7. The van der Waals surface area contributed by atoms with Gasteiger partial charge in [-0.15, -0.1) is 0 Å². The van der Waals surface area contributed by atoms with Crippen molar-refractivity contribution in [2.45, 2.75) is 128 Å². The fourth-order valence-electron chi connectivity index (χ4n) is 13.3. The topological polar surface area (TPSA) is 68.2 Å². The molecule has 3 saturated heterocycles. The van der Waals surface area contributed by atoms with Gasteiger partial charge in [0.1, 0.15) is 5.76 Å². The number of carbonyl (C=O) groups is 1. The van der Waals surface area contributed by atoms with Gasteiger partial charge in [0.25, 0.3) is 0 Å². The molecule has 3 aliphatic carbocycles. The Hall–Kier alpha value is -1.87. The van der Waals surface area contributed by atoms with Crippen molar-refractivity contribution in [2.75, 3.05) is 18.6 Å². The van der Waals surface area contributed by atoms with Crippen LogP contribution in [-0.2, 0) is 25.4 Å². The highest BCUT2D eigenvalue weighted by Gasteiger charge is 2.63. The van der Waals surface area contributed by atoms with Gasteiger partial charge >= 0.3 is 5.97 Å². The van der Waals surface area contributed by atoms with Gasteiger partial charge in [0.05, 0.1) is 18.8 Å². The molecule has 0 unspecified atom stereocenters. The van der Waals surface area contributed by atoms with E-state index in [4.69, 9.17) is 14.2 Å². The van der Waals surface area contributed by atoms with Crippen molar-refractivity contribution in [2.24, 2.45) is 40.4 Å². The van der Waals surface area contributed by atoms with Crippen molar-refractivity contribution in [3.63, 3.8) is 0 Å². The van der Waals surface area contributed by atoms with Gasteiger partial charge in [-0.1, -0.05) is 78.1 Å². The van der Waals surface area contributed by atoms with Gasteiger partial charge in [-0.3, -0.25) is 4.90 Å². The summed E-state index contributed by atoms with van der Waals surface area (Å²) >= 11 is 0. The summed E-state index contributed by atoms with van der Waals surface area (Å²) in [6.07, 6.45) is 19.6. The number of nitrogens with zero attached hydrogens (tertiary/aromatic N) is 1. The van der Waals surface area contributed by atoms with E-state index in [1.807, 2.05) is 0 Å². The lowest BCUT2D eigenvalue weighted by Crippen LogP contribution is -2.61. The molecule has 8 aliphatic rings. The zero-order chi connectivity index (χ0) is 34.9. The second-order valence-electron chi connectivity index (χ2n) is 17.5. The van der Waals surface area contributed by atoms with E-state index in [1.54, 1.807) is 14.0 Å². The SMILES string of the molecule is COC1=C(C)C(=O)OC1=C1OC2=CC[C@@H]3CSSC[C@@H]4CC[C@]5(CCCC56CCCC6)[C@@H]4C[C@H](O)[C@H]4C[C@@H](Cc5ccccc5)C[C@H]([C@@H]2[C@H]1C)N34. The van der Waals surface area contributed by atoms with Crippen molar-refractivity contribution in [3.05, 3.63) is 70.6 Å². The van der Waals surface area contributed by atoms with Gasteiger partial charge in [-0.2, -0.15) is 0 Å². The number of methoxy groups -OCH3 is 1. The standard InChI is InChI=1S/C43H57NO5S2/c1-26-37-34-22-29(20-28-10-5-4-6-11-28)21-33-35(45)23-32-30(14-19-43(32)18-9-17-42(43)15-7-8-16-42)24-50-51-25-31(44(33)34)12-13-36(37)48-39(26)40-38(47-3)27(2)41(46)49-40/h4-6,10-11,13,26,29-35,37,45H,7-9,12,14-25H2,1-3H3/t26-,29-,30+,31-,32-,33-,34-,35+,37+,43-/m1/s1. The van der Waals surface area contributed by atoms with E-state index in [1.165, 1.54) is 69.1 Å². The fraction of sp³-hybridized carbons (Fsp3) is 0.698. The van der Waals surface area contributed by atoms with Crippen LogP contribution in [0, 0.1) is 40.4 Å². The predicted octanol–water partition coefficient (Wildman–Crippen LogP) is 9.21.